The zero-order valence-corrected chi connectivity index (χ0v) is 35.4. The molecular formula is C51H39O3Pd3. The van der Waals surface area contributed by atoms with Crippen molar-refractivity contribution in [2.45, 2.75) is 0 Å². The molecule has 6 aromatic rings. The van der Waals surface area contributed by atoms with Gasteiger partial charge in [-0.3, -0.25) is 0 Å². The van der Waals surface area contributed by atoms with Crippen LogP contribution >= 0.6 is 0 Å². The van der Waals surface area contributed by atoms with Gasteiger partial charge in [-0.05, 0) is 0 Å². The van der Waals surface area contributed by atoms with E-state index in [1.54, 1.807) is 36.5 Å². The molecule has 0 atom stereocenters. The van der Waals surface area contributed by atoms with E-state index in [2.05, 4.69) is 0 Å². The second kappa shape index (κ2) is 23.7. The minimum atomic E-state index is -2.91. The average Bonchev–Trinajstić information content (AvgIpc) is 3.25. The van der Waals surface area contributed by atoms with Crippen LogP contribution in [0.2, 0.25) is 0 Å². The molecule has 0 saturated heterocycles. The van der Waals surface area contributed by atoms with Gasteiger partial charge in [-0.25, -0.2) is 0 Å². The normalized spacial score (nSPS) is 12.2. The maximum absolute atomic E-state index is 14.8. The Morgan fingerprint density at radius 1 is 0.298 bits per heavy atom. The summed E-state index contributed by atoms with van der Waals surface area (Å²) in [4.78, 5) is 44.5. The molecule has 57 heavy (non-hydrogen) atoms. The van der Waals surface area contributed by atoms with Crippen LogP contribution in [-0.2, 0) is 72.0 Å². The van der Waals surface area contributed by atoms with Gasteiger partial charge >= 0.3 is 331 Å². The molecule has 0 bridgehead atoms. The van der Waals surface area contributed by atoms with Gasteiger partial charge in [-0.2, -0.15) is 0 Å². The van der Waals surface area contributed by atoms with Crippen molar-refractivity contribution in [3.8, 4) is 0 Å². The molecule has 6 rings (SSSR count). The van der Waals surface area contributed by atoms with E-state index in [1.807, 2.05) is 200 Å². The van der Waals surface area contributed by atoms with Crippen LogP contribution in [-0.4, -0.2) is 17.3 Å². The summed E-state index contributed by atoms with van der Waals surface area (Å²) in [6.45, 7) is 0. The van der Waals surface area contributed by atoms with E-state index in [-0.39, 0.29) is 58.2 Å². The Kier molecular flexibility index (Phi) is 18.5. The van der Waals surface area contributed by atoms with Crippen LogP contribution < -0.4 is 0 Å². The number of allylic oxidation sites excluding steroid dienone is 6. The van der Waals surface area contributed by atoms with Gasteiger partial charge in [-0.1, -0.05) is 0 Å². The zero-order chi connectivity index (χ0) is 38.1. The number of benzene rings is 6. The number of hydrogen-bond acceptors (Lipinski definition) is 3. The van der Waals surface area contributed by atoms with Crippen LogP contribution in [0.1, 0.15) is 33.4 Å². The van der Waals surface area contributed by atoms with E-state index < -0.39 is 16.8 Å². The number of ketones is 3. The van der Waals surface area contributed by atoms with Crippen LogP contribution in [0.4, 0.5) is 0 Å². The van der Waals surface area contributed by atoms with Gasteiger partial charge in [0.05, 0.1) is 0 Å². The van der Waals surface area contributed by atoms with Crippen molar-refractivity contribution >= 4 is 53.8 Å². The monoisotopic (exact) mass is 1020 g/mol. The van der Waals surface area contributed by atoms with Gasteiger partial charge in [0.25, 0.3) is 0 Å². The summed E-state index contributed by atoms with van der Waals surface area (Å²) in [5.41, 5.74) is 4.91. The van der Waals surface area contributed by atoms with Crippen LogP contribution in [0.5, 0.6) is 0 Å². The second-order valence-corrected chi connectivity index (χ2v) is 15.8. The summed E-state index contributed by atoms with van der Waals surface area (Å²) in [5, 5.41) is 0. The van der Waals surface area contributed by atoms with Crippen molar-refractivity contribution < 1.29 is 72.0 Å². The maximum atomic E-state index is 14.8. The molecule has 0 unspecified atom stereocenters. The number of carbonyl (C=O) groups excluding carboxylic acids is 3. The van der Waals surface area contributed by atoms with Crippen molar-refractivity contribution in [3.05, 3.63) is 246 Å². The molecule has 0 heterocycles. The first-order chi connectivity index (χ1) is 27.0. The van der Waals surface area contributed by atoms with Crippen molar-refractivity contribution in [2.75, 3.05) is 0 Å². The first kappa shape index (κ1) is 44.5. The Balaban J connectivity index is 0.00000360. The van der Waals surface area contributed by atoms with Gasteiger partial charge in [-0.15, -0.1) is 0 Å². The molecule has 6 aromatic carbocycles. The molecule has 0 aliphatic rings. The van der Waals surface area contributed by atoms with Crippen molar-refractivity contribution in [3.63, 3.8) is 0 Å². The Bertz CT molecular complexity index is 2110. The third-order valence-corrected chi connectivity index (χ3v) is 12.4. The van der Waals surface area contributed by atoms with Gasteiger partial charge in [0.2, 0.25) is 0 Å². The SMILES string of the molecule is O=C(C=Cc1ccccc1)[C](=Cc1ccccc1)[Pd]([C](=Cc1ccccc1)C(=O)C=Cc1ccccc1)[C](=Cc1ccccc1)C(=O)C=Cc1ccccc1.[Pd].[Pd]. The minimum absolute atomic E-state index is 0. The fraction of sp³-hybridized carbons (Fsp3) is 0. The fourth-order valence-corrected chi connectivity index (χ4v) is 9.69. The summed E-state index contributed by atoms with van der Waals surface area (Å²) in [5.74, 6) is -0.857. The number of hydrogen-bond donors (Lipinski definition) is 0. The van der Waals surface area contributed by atoms with E-state index in [9.17, 15) is 14.4 Å². The molecule has 0 amide bonds. The molecule has 0 fully saturated rings. The third-order valence-electron chi connectivity index (χ3n) is 8.10. The Hall–Kier alpha value is -5.24. The van der Waals surface area contributed by atoms with Crippen molar-refractivity contribution in [2.24, 2.45) is 0 Å². The maximum Gasteiger partial charge on any atom is 0 e. The van der Waals surface area contributed by atoms with Gasteiger partial charge < -0.3 is 0 Å². The van der Waals surface area contributed by atoms with E-state index in [0.29, 0.717) is 12.1 Å². The summed E-state index contributed by atoms with van der Waals surface area (Å²) in [6.07, 6.45) is 15.5. The molecule has 0 aliphatic heterocycles. The van der Waals surface area contributed by atoms with E-state index >= 15 is 0 Å². The van der Waals surface area contributed by atoms with Crippen LogP contribution in [0.3, 0.4) is 0 Å². The predicted molar refractivity (Wildman–Crippen MR) is 225 cm³/mol. The van der Waals surface area contributed by atoms with Crippen LogP contribution in [0.25, 0.3) is 36.5 Å². The van der Waals surface area contributed by atoms with Gasteiger partial charge in [0.1, 0.15) is 0 Å². The summed E-state index contributed by atoms with van der Waals surface area (Å²) < 4.78 is 1.16. The molecular weight excluding hydrogens is 980 g/mol. The third kappa shape index (κ3) is 13.7. The van der Waals surface area contributed by atoms with Crippen molar-refractivity contribution in [1.82, 2.24) is 0 Å². The molecule has 3 nitrogen and oxygen atoms in total. The largest absolute Gasteiger partial charge is 0 e. The molecule has 0 saturated carbocycles. The van der Waals surface area contributed by atoms with Gasteiger partial charge in [0, 0.05) is 40.8 Å². The van der Waals surface area contributed by atoms with E-state index in [1.165, 1.54) is 0 Å². The number of rotatable bonds is 15. The quantitative estimate of drug-likeness (QED) is 0.0761. The van der Waals surface area contributed by atoms with Gasteiger partial charge in [0.15, 0.2) is 0 Å². The summed E-state index contributed by atoms with van der Waals surface area (Å²) in [6, 6.07) is 57.5. The fourth-order valence-electron chi connectivity index (χ4n) is 5.35. The molecule has 0 radical (unpaired) electrons. The molecule has 0 aromatic heterocycles. The Morgan fingerprint density at radius 3 is 0.702 bits per heavy atom. The average molecular weight is 1020 g/mol. The standard InChI is InChI=1S/3C17H13O.3Pd/c3*18-17(13-11-15-7-3-1-4-8-15)14-12-16-9-5-2-6-10-16;;;/h3*1-13H;;;. The van der Waals surface area contributed by atoms with Crippen LogP contribution in [0, 0.1) is 0 Å². The topological polar surface area (TPSA) is 51.2 Å². The van der Waals surface area contributed by atoms with Crippen molar-refractivity contribution in [1.29, 1.82) is 0 Å². The second-order valence-electron chi connectivity index (χ2n) is 12.2. The smallest absolute Gasteiger partial charge is 0 e. The molecule has 291 valence electrons. The predicted octanol–water partition coefficient (Wildman–Crippen LogP) is 11.6. The zero-order valence-electron chi connectivity index (χ0n) is 30.7. The summed E-state index contributed by atoms with van der Waals surface area (Å²) in [7, 11) is 0. The summed E-state index contributed by atoms with van der Waals surface area (Å²) >= 11 is -2.91. The van der Waals surface area contributed by atoms with E-state index in [0.717, 1.165) is 33.4 Å². The Morgan fingerprint density at radius 2 is 0.491 bits per heavy atom. The Labute approximate surface area is 368 Å². The number of carbonyl (C=O) groups is 3. The minimum Gasteiger partial charge on any atom is 0 e. The molecule has 0 N–H and O–H groups in total. The van der Waals surface area contributed by atoms with Crippen LogP contribution in [0.15, 0.2) is 212 Å². The molecule has 0 aliphatic carbocycles. The first-order valence-electron chi connectivity index (χ1n) is 17.8. The first-order valence-corrected chi connectivity index (χ1v) is 20.1. The molecule has 0 spiro atoms. The molecule has 6 heteroatoms. The van der Waals surface area contributed by atoms with E-state index in [4.69, 9.17) is 0 Å².